The van der Waals surface area contributed by atoms with Crippen molar-refractivity contribution in [1.29, 1.82) is 0 Å². The Balaban J connectivity index is 1.39. The van der Waals surface area contributed by atoms with Crippen LogP contribution in [0, 0.1) is 11.8 Å². The van der Waals surface area contributed by atoms with Gasteiger partial charge < -0.3 is 10.2 Å². The number of rotatable bonds is 5. The van der Waals surface area contributed by atoms with Gasteiger partial charge in [-0.05, 0) is 74.3 Å². The molecule has 8 heteroatoms. The summed E-state index contributed by atoms with van der Waals surface area (Å²) in [6, 6.07) is 6.44. The first kappa shape index (κ1) is 21.1. The topological polar surface area (TPSA) is 86.8 Å². The Kier molecular flexibility index (Phi) is 5.97. The van der Waals surface area contributed by atoms with E-state index in [1.54, 1.807) is 28.6 Å². The van der Waals surface area contributed by atoms with E-state index in [4.69, 9.17) is 0 Å². The average Bonchev–Trinajstić information content (AvgIpc) is 3.33. The van der Waals surface area contributed by atoms with Gasteiger partial charge in [0.2, 0.25) is 15.9 Å². The zero-order valence-corrected chi connectivity index (χ0v) is 17.9. The van der Waals surface area contributed by atoms with Gasteiger partial charge in [0, 0.05) is 37.8 Å². The predicted octanol–water partition coefficient (Wildman–Crippen LogP) is 2.01. The van der Waals surface area contributed by atoms with Gasteiger partial charge in [0.05, 0.1) is 4.90 Å². The Labute approximate surface area is 178 Å². The lowest BCUT2D eigenvalue weighted by Gasteiger charge is -2.26. The Morgan fingerprint density at radius 3 is 2.17 bits per heavy atom. The predicted molar refractivity (Wildman–Crippen MR) is 113 cm³/mol. The van der Waals surface area contributed by atoms with Crippen LogP contribution in [0.4, 0.5) is 0 Å². The molecule has 3 fully saturated rings. The van der Waals surface area contributed by atoms with Gasteiger partial charge >= 0.3 is 0 Å². The minimum Gasteiger partial charge on any atom is -0.350 e. The van der Waals surface area contributed by atoms with Crippen LogP contribution in [0.3, 0.4) is 0 Å². The fraction of sp³-hybridized carbons (Fsp3) is 0.545. The van der Waals surface area contributed by atoms with E-state index in [2.05, 4.69) is 11.9 Å². The maximum atomic E-state index is 13.1. The number of carbonyl (C=O) groups is 2. The molecule has 2 unspecified atom stereocenters. The highest BCUT2D eigenvalue weighted by Crippen LogP contribution is 2.40. The van der Waals surface area contributed by atoms with Crippen molar-refractivity contribution in [2.24, 2.45) is 11.8 Å². The lowest BCUT2D eigenvalue weighted by Crippen LogP contribution is -2.36. The summed E-state index contributed by atoms with van der Waals surface area (Å²) in [5.74, 6) is 0.315. The molecule has 0 radical (unpaired) electrons. The summed E-state index contributed by atoms with van der Waals surface area (Å²) in [6.45, 7) is 5.96. The standard InChI is InChI=1S/C22H29N3O4S/c1-2-21(26)23-19-12-17-14-25(15-18(17)13-19)30(28,29)20-8-6-16(7-9-20)22(27)24-10-4-3-5-11-24/h2,6-9,17-19H,1,3-5,10-15H2,(H,23,26). The zero-order chi connectivity index (χ0) is 21.3. The summed E-state index contributed by atoms with van der Waals surface area (Å²) >= 11 is 0. The van der Waals surface area contributed by atoms with Crippen molar-refractivity contribution in [3.63, 3.8) is 0 Å². The Hall–Kier alpha value is -2.19. The molecule has 2 amide bonds. The molecule has 0 spiro atoms. The number of fused-ring (bicyclic) bond motifs is 1. The van der Waals surface area contributed by atoms with Crippen LogP contribution in [0.5, 0.6) is 0 Å². The zero-order valence-electron chi connectivity index (χ0n) is 17.1. The molecule has 1 aromatic rings. The molecule has 4 rings (SSSR count). The van der Waals surface area contributed by atoms with Gasteiger partial charge in [-0.25, -0.2) is 8.42 Å². The van der Waals surface area contributed by atoms with E-state index in [1.165, 1.54) is 6.08 Å². The fourth-order valence-electron chi connectivity index (χ4n) is 5.03. The highest BCUT2D eigenvalue weighted by Gasteiger charge is 2.45. The number of hydrogen-bond acceptors (Lipinski definition) is 4. The summed E-state index contributed by atoms with van der Waals surface area (Å²) < 4.78 is 27.8. The first-order valence-corrected chi connectivity index (χ1v) is 12.1. The Bertz CT molecular complexity index is 908. The lowest BCUT2D eigenvalue weighted by molar-refractivity contribution is -0.117. The van der Waals surface area contributed by atoms with E-state index >= 15 is 0 Å². The molecule has 1 N–H and O–H groups in total. The number of amides is 2. The van der Waals surface area contributed by atoms with Crippen molar-refractivity contribution in [3.05, 3.63) is 42.5 Å². The molecular formula is C22H29N3O4S. The van der Waals surface area contributed by atoms with E-state index in [0.29, 0.717) is 18.7 Å². The van der Waals surface area contributed by atoms with E-state index in [0.717, 1.165) is 45.2 Å². The van der Waals surface area contributed by atoms with Crippen molar-refractivity contribution in [3.8, 4) is 0 Å². The van der Waals surface area contributed by atoms with Crippen LogP contribution in [-0.2, 0) is 14.8 Å². The van der Waals surface area contributed by atoms with E-state index in [-0.39, 0.29) is 34.6 Å². The van der Waals surface area contributed by atoms with Gasteiger partial charge in [-0.1, -0.05) is 6.58 Å². The van der Waals surface area contributed by atoms with Crippen LogP contribution in [-0.4, -0.2) is 61.7 Å². The van der Waals surface area contributed by atoms with Crippen molar-refractivity contribution >= 4 is 21.8 Å². The summed E-state index contributed by atoms with van der Waals surface area (Å²) in [6.07, 6.45) is 6.05. The van der Waals surface area contributed by atoms with E-state index in [9.17, 15) is 18.0 Å². The summed E-state index contributed by atoms with van der Waals surface area (Å²) in [7, 11) is -3.59. The van der Waals surface area contributed by atoms with Crippen LogP contribution in [0.15, 0.2) is 41.8 Å². The number of hydrogen-bond donors (Lipinski definition) is 1. The fourth-order valence-corrected chi connectivity index (χ4v) is 6.58. The van der Waals surface area contributed by atoms with Gasteiger partial charge in [0.1, 0.15) is 0 Å². The van der Waals surface area contributed by atoms with Crippen molar-refractivity contribution < 1.29 is 18.0 Å². The van der Waals surface area contributed by atoms with E-state index in [1.807, 2.05) is 4.90 Å². The minimum absolute atomic E-state index is 0.0260. The molecule has 7 nitrogen and oxygen atoms in total. The van der Waals surface area contributed by atoms with Gasteiger partial charge in [-0.2, -0.15) is 4.31 Å². The Morgan fingerprint density at radius 2 is 1.60 bits per heavy atom. The number of nitrogens with zero attached hydrogens (tertiary/aromatic N) is 2. The molecule has 162 valence electrons. The molecule has 3 aliphatic rings. The van der Waals surface area contributed by atoms with E-state index < -0.39 is 10.0 Å². The molecular weight excluding hydrogens is 402 g/mol. The second-order valence-electron chi connectivity index (χ2n) is 8.60. The highest BCUT2D eigenvalue weighted by atomic mass is 32.2. The molecule has 2 atom stereocenters. The molecule has 1 aliphatic carbocycles. The molecule has 1 aromatic carbocycles. The highest BCUT2D eigenvalue weighted by molar-refractivity contribution is 7.89. The molecule has 2 saturated heterocycles. The van der Waals surface area contributed by atoms with Gasteiger partial charge in [0.15, 0.2) is 0 Å². The van der Waals surface area contributed by atoms with Gasteiger partial charge in [0.25, 0.3) is 5.91 Å². The normalized spacial score (nSPS) is 26.9. The second-order valence-corrected chi connectivity index (χ2v) is 10.5. The Morgan fingerprint density at radius 1 is 1.00 bits per heavy atom. The molecule has 30 heavy (non-hydrogen) atoms. The van der Waals surface area contributed by atoms with Crippen LogP contribution in [0.2, 0.25) is 0 Å². The number of sulfonamides is 1. The van der Waals surface area contributed by atoms with Crippen LogP contribution in [0.1, 0.15) is 42.5 Å². The average molecular weight is 432 g/mol. The summed E-state index contributed by atoms with van der Waals surface area (Å²) in [5, 5.41) is 2.93. The number of piperidine rings is 1. The minimum atomic E-state index is -3.59. The van der Waals surface area contributed by atoms with Crippen LogP contribution in [0.25, 0.3) is 0 Å². The molecule has 0 bridgehead atoms. The molecule has 2 aliphatic heterocycles. The monoisotopic (exact) mass is 431 g/mol. The quantitative estimate of drug-likeness (QED) is 0.723. The third kappa shape index (κ3) is 4.16. The maximum absolute atomic E-state index is 13.1. The summed E-state index contributed by atoms with van der Waals surface area (Å²) in [4.78, 5) is 26.2. The van der Waals surface area contributed by atoms with Crippen molar-refractivity contribution in [1.82, 2.24) is 14.5 Å². The molecule has 1 saturated carbocycles. The number of nitrogens with one attached hydrogen (secondary N) is 1. The smallest absolute Gasteiger partial charge is 0.253 e. The second kappa shape index (κ2) is 8.51. The van der Waals surface area contributed by atoms with Gasteiger partial charge in [-0.3, -0.25) is 9.59 Å². The number of benzene rings is 1. The summed E-state index contributed by atoms with van der Waals surface area (Å²) in [5.41, 5.74) is 0.537. The first-order chi connectivity index (χ1) is 14.4. The molecule has 2 heterocycles. The third-order valence-electron chi connectivity index (χ3n) is 6.63. The lowest BCUT2D eigenvalue weighted by atomic mass is 10.0. The van der Waals surface area contributed by atoms with Crippen molar-refractivity contribution in [2.75, 3.05) is 26.2 Å². The largest absolute Gasteiger partial charge is 0.350 e. The number of likely N-dealkylation sites (tertiary alicyclic amines) is 1. The third-order valence-corrected chi connectivity index (χ3v) is 8.48. The van der Waals surface area contributed by atoms with Crippen LogP contribution < -0.4 is 5.32 Å². The van der Waals surface area contributed by atoms with Gasteiger partial charge in [-0.15, -0.1) is 0 Å². The SMILES string of the molecule is C=CC(=O)NC1CC2CN(S(=O)(=O)c3ccc(C(=O)N4CCCCC4)cc3)CC2C1. The molecule has 0 aromatic heterocycles. The first-order valence-electron chi connectivity index (χ1n) is 10.7. The maximum Gasteiger partial charge on any atom is 0.253 e. The number of carbonyl (C=O) groups excluding carboxylic acids is 2. The van der Waals surface area contributed by atoms with Crippen molar-refractivity contribution in [2.45, 2.75) is 43.0 Å². The van der Waals surface area contributed by atoms with Crippen LogP contribution >= 0.6 is 0 Å².